The number of rotatable bonds is 5. The molecule has 0 atom stereocenters. The summed E-state index contributed by atoms with van der Waals surface area (Å²) in [6, 6.07) is 11.8. The van der Waals surface area contributed by atoms with Crippen LogP contribution in [0.5, 0.6) is 0 Å². The molecule has 0 aliphatic heterocycles. The zero-order chi connectivity index (χ0) is 17.1. The standard InChI is InChI=1S/C17H18BrN5O/c1-12-17(18)13(2)23(20-12)11-16(24)19-15-8-9-22(21-15)10-14-6-4-3-5-7-14/h3-9H,10-11H2,1-2H3,(H,19,21,24). The molecule has 2 heterocycles. The Kier molecular flexibility index (Phi) is 4.80. The van der Waals surface area contributed by atoms with Gasteiger partial charge >= 0.3 is 0 Å². The Morgan fingerprint density at radius 3 is 2.58 bits per heavy atom. The van der Waals surface area contributed by atoms with Gasteiger partial charge in [0.2, 0.25) is 5.91 Å². The van der Waals surface area contributed by atoms with E-state index in [9.17, 15) is 4.79 Å². The predicted molar refractivity (Wildman–Crippen MR) is 95.8 cm³/mol. The van der Waals surface area contributed by atoms with Crippen LogP contribution in [0.2, 0.25) is 0 Å². The molecular formula is C17H18BrN5O. The Morgan fingerprint density at radius 1 is 1.17 bits per heavy atom. The van der Waals surface area contributed by atoms with E-state index in [-0.39, 0.29) is 12.5 Å². The van der Waals surface area contributed by atoms with Gasteiger partial charge in [-0.2, -0.15) is 10.2 Å². The lowest BCUT2D eigenvalue weighted by molar-refractivity contribution is -0.117. The monoisotopic (exact) mass is 387 g/mol. The average molecular weight is 388 g/mol. The molecule has 6 nitrogen and oxygen atoms in total. The van der Waals surface area contributed by atoms with Gasteiger partial charge in [-0.1, -0.05) is 30.3 Å². The second-order valence-electron chi connectivity index (χ2n) is 5.57. The molecule has 0 fully saturated rings. The van der Waals surface area contributed by atoms with Crippen molar-refractivity contribution >= 4 is 27.7 Å². The van der Waals surface area contributed by atoms with Gasteiger partial charge in [0.1, 0.15) is 6.54 Å². The Balaban J connectivity index is 1.62. The van der Waals surface area contributed by atoms with E-state index in [2.05, 4.69) is 31.4 Å². The first kappa shape index (κ1) is 16.4. The van der Waals surface area contributed by atoms with E-state index < -0.39 is 0 Å². The second kappa shape index (κ2) is 7.00. The molecule has 0 radical (unpaired) electrons. The second-order valence-corrected chi connectivity index (χ2v) is 6.37. The first-order valence-electron chi connectivity index (χ1n) is 7.59. The molecule has 0 aliphatic rings. The van der Waals surface area contributed by atoms with Crippen molar-refractivity contribution in [1.82, 2.24) is 19.6 Å². The van der Waals surface area contributed by atoms with Gasteiger partial charge in [-0.15, -0.1) is 0 Å². The predicted octanol–water partition coefficient (Wildman–Crippen LogP) is 3.15. The lowest BCUT2D eigenvalue weighted by Gasteiger charge is -2.05. The third-order valence-corrected chi connectivity index (χ3v) is 4.83. The van der Waals surface area contributed by atoms with Crippen LogP contribution in [0.25, 0.3) is 0 Å². The van der Waals surface area contributed by atoms with Crippen molar-refractivity contribution in [3.05, 3.63) is 64.0 Å². The number of carbonyl (C=O) groups excluding carboxylic acids is 1. The maximum absolute atomic E-state index is 12.2. The molecule has 0 saturated heterocycles. The van der Waals surface area contributed by atoms with E-state index in [0.29, 0.717) is 12.4 Å². The molecule has 24 heavy (non-hydrogen) atoms. The van der Waals surface area contributed by atoms with Crippen molar-refractivity contribution in [3.8, 4) is 0 Å². The van der Waals surface area contributed by atoms with Gasteiger partial charge < -0.3 is 5.32 Å². The minimum Gasteiger partial charge on any atom is -0.308 e. The maximum Gasteiger partial charge on any atom is 0.247 e. The number of amides is 1. The van der Waals surface area contributed by atoms with Crippen LogP contribution in [0.3, 0.4) is 0 Å². The van der Waals surface area contributed by atoms with E-state index >= 15 is 0 Å². The quantitative estimate of drug-likeness (QED) is 0.731. The van der Waals surface area contributed by atoms with Crippen molar-refractivity contribution < 1.29 is 4.79 Å². The summed E-state index contributed by atoms with van der Waals surface area (Å²) >= 11 is 3.46. The molecule has 0 aliphatic carbocycles. The molecule has 0 bridgehead atoms. The molecule has 3 rings (SSSR count). The van der Waals surface area contributed by atoms with E-state index in [1.807, 2.05) is 50.4 Å². The van der Waals surface area contributed by atoms with Gasteiger partial charge in [-0.05, 0) is 35.3 Å². The van der Waals surface area contributed by atoms with E-state index in [1.54, 1.807) is 15.4 Å². The van der Waals surface area contributed by atoms with Crippen LogP contribution in [0.4, 0.5) is 5.82 Å². The number of nitrogens with one attached hydrogen (secondary N) is 1. The third kappa shape index (κ3) is 3.73. The minimum atomic E-state index is -0.155. The van der Waals surface area contributed by atoms with Crippen molar-refractivity contribution in [2.24, 2.45) is 0 Å². The van der Waals surface area contributed by atoms with Gasteiger partial charge in [0, 0.05) is 12.3 Å². The van der Waals surface area contributed by atoms with E-state index in [4.69, 9.17) is 0 Å². The SMILES string of the molecule is Cc1nn(CC(=O)Nc2ccn(Cc3ccccc3)n2)c(C)c1Br. The molecule has 0 spiro atoms. The van der Waals surface area contributed by atoms with E-state index in [1.165, 1.54) is 0 Å². The van der Waals surface area contributed by atoms with Crippen LogP contribution < -0.4 is 5.32 Å². The fourth-order valence-electron chi connectivity index (χ4n) is 2.43. The first-order valence-corrected chi connectivity index (χ1v) is 8.39. The molecule has 0 unspecified atom stereocenters. The number of anilines is 1. The molecule has 3 aromatic rings. The highest BCUT2D eigenvalue weighted by Gasteiger charge is 2.12. The molecular weight excluding hydrogens is 370 g/mol. The highest BCUT2D eigenvalue weighted by molar-refractivity contribution is 9.10. The fraction of sp³-hybridized carbons (Fsp3) is 0.235. The number of nitrogens with zero attached hydrogens (tertiary/aromatic N) is 4. The Hall–Kier alpha value is -2.41. The number of hydrogen-bond donors (Lipinski definition) is 1. The van der Waals surface area contributed by atoms with Crippen molar-refractivity contribution in [1.29, 1.82) is 0 Å². The van der Waals surface area contributed by atoms with Gasteiger partial charge in [-0.25, -0.2) is 0 Å². The molecule has 1 aromatic carbocycles. The van der Waals surface area contributed by atoms with Gasteiger partial charge in [0.05, 0.1) is 22.4 Å². The van der Waals surface area contributed by atoms with E-state index in [0.717, 1.165) is 21.4 Å². The van der Waals surface area contributed by atoms with Crippen molar-refractivity contribution in [3.63, 3.8) is 0 Å². The van der Waals surface area contributed by atoms with Crippen LogP contribution in [0, 0.1) is 13.8 Å². The summed E-state index contributed by atoms with van der Waals surface area (Å²) < 4.78 is 4.41. The number of halogens is 1. The van der Waals surface area contributed by atoms with Gasteiger partial charge in [-0.3, -0.25) is 14.2 Å². The van der Waals surface area contributed by atoms with Crippen LogP contribution in [-0.4, -0.2) is 25.5 Å². The summed E-state index contributed by atoms with van der Waals surface area (Å²) in [5.41, 5.74) is 2.95. The molecule has 1 N–H and O–H groups in total. The highest BCUT2D eigenvalue weighted by Crippen LogP contribution is 2.19. The Labute approximate surface area is 148 Å². The summed E-state index contributed by atoms with van der Waals surface area (Å²) in [4.78, 5) is 12.2. The summed E-state index contributed by atoms with van der Waals surface area (Å²) in [5, 5.41) is 11.5. The van der Waals surface area contributed by atoms with Crippen LogP contribution in [0.1, 0.15) is 17.0 Å². The minimum absolute atomic E-state index is 0.155. The largest absolute Gasteiger partial charge is 0.308 e. The molecule has 1 amide bonds. The van der Waals surface area contributed by atoms with Crippen LogP contribution in [-0.2, 0) is 17.9 Å². The first-order chi connectivity index (χ1) is 11.5. The number of aryl methyl sites for hydroxylation is 1. The Bertz CT molecular complexity index is 853. The average Bonchev–Trinajstić information content (AvgIpc) is 3.09. The highest BCUT2D eigenvalue weighted by atomic mass is 79.9. The lowest BCUT2D eigenvalue weighted by atomic mass is 10.2. The number of benzene rings is 1. The van der Waals surface area contributed by atoms with Crippen molar-refractivity contribution in [2.45, 2.75) is 26.9 Å². The van der Waals surface area contributed by atoms with Crippen LogP contribution >= 0.6 is 15.9 Å². The van der Waals surface area contributed by atoms with Crippen LogP contribution in [0.15, 0.2) is 47.1 Å². The zero-order valence-electron chi connectivity index (χ0n) is 13.5. The molecule has 7 heteroatoms. The summed E-state index contributed by atoms with van der Waals surface area (Å²) in [5.74, 6) is 0.384. The molecule has 0 saturated carbocycles. The number of hydrogen-bond acceptors (Lipinski definition) is 3. The lowest BCUT2D eigenvalue weighted by Crippen LogP contribution is -2.20. The summed E-state index contributed by atoms with van der Waals surface area (Å²) in [7, 11) is 0. The third-order valence-electron chi connectivity index (χ3n) is 3.68. The Morgan fingerprint density at radius 2 is 1.92 bits per heavy atom. The fourth-order valence-corrected chi connectivity index (χ4v) is 2.72. The van der Waals surface area contributed by atoms with Gasteiger partial charge in [0.25, 0.3) is 0 Å². The molecule has 2 aromatic heterocycles. The maximum atomic E-state index is 12.2. The van der Waals surface area contributed by atoms with Gasteiger partial charge in [0.15, 0.2) is 5.82 Å². The normalized spacial score (nSPS) is 10.8. The number of aromatic nitrogens is 4. The smallest absolute Gasteiger partial charge is 0.247 e. The summed E-state index contributed by atoms with van der Waals surface area (Å²) in [6.45, 7) is 4.65. The molecule has 124 valence electrons. The topological polar surface area (TPSA) is 64.7 Å². The van der Waals surface area contributed by atoms with Crippen molar-refractivity contribution in [2.75, 3.05) is 5.32 Å². The number of carbonyl (C=O) groups is 1. The zero-order valence-corrected chi connectivity index (χ0v) is 15.1. The summed E-state index contributed by atoms with van der Waals surface area (Å²) in [6.07, 6.45) is 1.85.